The molecule has 2 rings (SSSR count). The molecule has 0 spiro atoms. The van der Waals surface area contributed by atoms with Crippen LogP contribution in [-0.2, 0) is 0 Å². The third-order valence-corrected chi connectivity index (χ3v) is 4.89. The first-order chi connectivity index (χ1) is 8.77. The van der Waals surface area contributed by atoms with Gasteiger partial charge in [-0.3, -0.25) is 4.90 Å². The fraction of sp³-hybridized carbons (Fsp3) is 1.00. The Hall–Kier alpha value is -0.0800. The van der Waals surface area contributed by atoms with E-state index in [4.69, 9.17) is 0 Å². The van der Waals surface area contributed by atoms with E-state index in [0.717, 1.165) is 25.0 Å². The SMILES string of the molecule is CC(O)CCN(C1CCCCC1)C1CCCCC1. The molecule has 1 unspecified atom stereocenters. The van der Waals surface area contributed by atoms with Crippen molar-refractivity contribution in [1.82, 2.24) is 4.90 Å². The molecule has 0 aromatic heterocycles. The highest BCUT2D eigenvalue weighted by atomic mass is 16.3. The van der Waals surface area contributed by atoms with Gasteiger partial charge in [-0.25, -0.2) is 0 Å². The molecule has 2 fully saturated rings. The van der Waals surface area contributed by atoms with Crippen molar-refractivity contribution in [3.8, 4) is 0 Å². The zero-order chi connectivity index (χ0) is 12.8. The lowest BCUT2D eigenvalue weighted by molar-refractivity contribution is 0.0626. The minimum atomic E-state index is -0.139. The molecular weight excluding hydrogens is 222 g/mol. The summed E-state index contributed by atoms with van der Waals surface area (Å²) in [7, 11) is 0. The van der Waals surface area contributed by atoms with E-state index < -0.39 is 0 Å². The van der Waals surface area contributed by atoms with Crippen molar-refractivity contribution in [2.24, 2.45) is 0 Å². The van der Waals surface area contributed by atoms with Gasteiger partial charge >= 0.3 is 0 Å². The van der Waals surface area contributed by atoms with Gasteiger partial charge in [0.05, 0.1) is 6.10 Å². The molecule has 2 nitrogen and oxygen atoms in total. The summed E-state index contributed by atoms with van der Waals surface area (Å²) in [6.07, 6.45) is 15.0. The maximum Gasteiger partial charge on any atom is 0.0524 e. The molecule has 0 heterocycles. The predicted molar refractivity (Wildman–Crippen MR) is 76.7 cm³/mol. The Bertz CT molecular complexity index is 199. The molecule has 0 aromatic rings. The maximum absolute atomic E-state index is 9.57. The number of nitrogens with zero attached hydrogens (tertiary/aromatic N) is 1. The molecule has 1 N–H and O–H groups in total. The van der Waals surface area contributed by atoms with Gasteiger partial charge in [0.25, 0.3) is 0 Å². The Kier molecular flexibility index (Phi) is 5.97. The maximum atomic E-state index is 9.57. The minimum absolute atomic E-state index is 0.139. The van der Waals surface area contributed by atoms with E-state index in [1.54, 1.807) is 0 Å². The first kappa shape index (κ1) is 14.3. The summed E-state index contributed by atoms with van der Waals surface area (Å²) in [5.74, 6) is 0. The average molecular weight is 253 g/mol. The molecule has 2 aliphatic rings. The molecule has 0 saturated heterocycles. The van der Waals surface area contributed by atoms with Gasteiger partial charge in [-0.1, -0.05) is 38.5 Å². The van der Waals surface area contributed by atoms with Gasteiger partial charge in [0.1, 0.15) is 0 Å². The van der Waals surface area contributed by atoms with E-state index >= 15 is 0 Å². The molecule has 2 saturated carbocycles. The van der Waals surface area contributed by atoms with E-state index in [0.29, 0.717) is 0 Å². The van der Waals surface area contributed by atoms with E-state index in [2.05, 4.69) is 4.90 Å². The highest BCUT2D eigenvalue weighted by Crippen LogP contribution is 2.30. The summed E-state index contributed by atoms with van der Waals surface area (Å²) in [6, 6.07) is 1.64. The van der Waals surface area contributed by atoms with E-state index in [1.807, 2.05) is 6.92 Å². The van der Waals surface area contributed by atoms with Crippen LogP contribution >= 0.6 is 0 Å². The fourth-order valence-corrected chi connectivity index (χ4v) is 3.82. The highest BCUT2D eigenvalue weighted by molar-refractivity contribution is 4.84. The molecule has 2 heteroatoms. The molecule has 0 amide bonds. The molecule has 0 aliphatic heterocycles. The van der Waals surface area contributed by atoms with Crippen molar-refractivity contribution in [2.45, 2.75) is 95.7 Å². The largest absolute Gasteiger partial charge is 0.393 e. The summed E-state index contributed by atoms with van der Waals surface area (Å²) in [5.41, 5.74) is 0. The number of rotatable bonds is 5. The van der Waals surface area contributed by atoms with Crippen LogP contribution in [0.5, 0.6) is 0 Å². The Morgan fingerprint density at radius 3 is 1.72 bits per heavy atom. The summed E-state index contributed by atoms with van der Waals surface area (Å²) in [5, 5.41) is 9.57. The Morgan fingerprint density at radius 1 is 0.889 bits per heavy atom. The number of aliphatic hydroxyl groups excluding tert-OH is 1. The van der Waals surface area contributed by atoms with Gasteiger partial charge in [-0.2, -0.15) is 0 Å². The summed E-state index contributed by atoms with van der Waals surface area (Å²) < 4.78 is 0. The van der Waals surface area contributed by atoms with Crippen molar-refractivity contribution in [2.75, 3.05) is 6.54 Å². The van der Waals surface area contributed by atoms with Gasteiger partial charge in [0.15, 0.2) is 0 Å². The van der Waals surface area contributed by atoms with Crippen molar-refractivity contribution < 1.29 is 5.11 Å². The van der Waals surface area contributed by atoms with Crippen LogP contribution in [-0.4, -0.2) is 34.7 Å². The van der Waals surface area contributed by atoms with Crippen molar-refractivity contribution in [1.29, 1.82) is 0 Å². The molecule has 0 radical (unpaired) electrons. The fourth-order valence-electron chi connectivity index (χ4n) is 3.82. The minimum Gasteiger partial charge on any atom is -0.393 e. The summed E-state index contributed by atoms with van der Waals surface area (Å²) >= 11 is 0. The zero-order valence-corrected chi connectivity index (χ0v) is 12.1. The summed E-state index contributed by atoms with van der Waals surface area (Å²) in [6.45, 7) is 3.05. The molecule has 1 atom stereocenters. The Labute approximate surface area is 113 Å². The molecule has 18 heavy (non-hydrogen) atoms. The molecular formula is C16H31NO. The lowest BCUT2D eigenvalue weighted by atomic mass is 9.88. The first-order valence-corrected chi connectivity index (χ1v) is 8.21. The third-order valence-electron chi connectivity index (χ3n) is 4.89. The van der Waals surface area contributed by atoms with Crippen LogP contribution in [0.2, 0.25) is 0 Å². The van der Waals surface area contributed by atoms with Crippen LogP contribution < -0.4 is 0 Å². The molecule has 2 aliphatic carbocycles. The Morgan fingerprint density at radius 2 is 1.33 bits per heavy atom. The Balaban J connectivity index is 1.91. The topological polar surface area (TPSA) is 23.5 Å². The monoisotopic (exact) mass is 253 g/mol. The van der Waals surface area contributed by atoms with E-state index in [-0.39, 0.29) is 6.10 Å². The quantitative estimate of drug-likeness (QED) is 0.807. The normalized spacial score (nSPS) is 25.5. The molecule has 0 bridgehead atoms. The van der Waals surface area contributed by atoms with E-state index in [1.165, 1.54) is 64.2 Å². The highest BCUT2D eigenvalue weighted by Gasteiger charge is 2.28. The zero-order valence-electron chi connectivity index (χ0n) is 12.1. The number of aliphatic hydroxyl groups is 1. The lowest BCUT2D eigenvalue weighted by Crippen LogP contribution is -2.46. The van der Waals surface area contributed by atoms with Crippen LogP contribution in [0.25, 0.3) is 0 Å². The second kappa shape index (κ2) is 7.49. The van der Waals surface area contributed by atoms with Gasteiger partial charge < -0.3 is 5.11 Å². The summed E-state index contributed by atoms with van der Waals surface area (Å²) in [4.78, 5) is 2.78. The average Bonchev–Trinajstić information content (AvgIpc) is 2.41. The van der Waals surface area contributed by atoms with Gasteiger partial charge in [0, 0.05) is 18.6 Å². The van der Waals surface area contributed by atoms with Crippen molar-refractivity contribution in [3.05, 3.63) is 0 Å². The van der Waals surface area contributed by atoms with Crippen LogP contribution in [0.4, 0.5) is 0 Å². The van der Waals surface area contributed by atoms with Gasteiger partial charge in [-0.05, 0) is 39.0 Å². The smallest absolute Gasteiger partial charge is 0.0524 e. The first-order valence-electron chi connectivity index (χ1n) is 8.21. The van der Waals surface area contributed by atoms with Crippen molar-refractivity contribution >= 4 is 0 Å². The second-order valence-corrected chi connectivity index (χ2v) is 6.46. The van der Waals surface area contributed by atoms with E-state index in [9.17, 15) is 5.11 Å². The van der Waals surface area contributed by atoms with Gasteiger partial charge in [0.2, 0.25) is 0 Å². The molecule has 0 aromatic carbocycles. The lowest BCUT2D eigenvalue weighted by Gasteiger charge is -2.42. The van der Waals surface area contributed by atoms with Crippen LogP contribution in [0.15, 0.2) is 0 Å². The predicted octanol–water partition coefficient (Wildman–Crippen LogP) is 3.72. The number of hydrogen-bond donors (Lipinski definition) is 1. The standard InChI is InChI=1S/C16H31NO/c1-14(18)12-13-17(15-8-4-2-5-9-15)16-10-6-3-7-11-16/h14-16,18H,2-13H2,1H3. The van der Waals surface area contributed by atoms with Crippen LogP contribution in [0.1, 0.15) is 77.6 Å². The van der Waals surface area contributed by atoms with Crippen LogP contribution in [0, 0.1) is 0 Å². The number of hydrogen-bond acceptors (Lipinski definition) is 2. The van der Waals surface area contributed by atoms with Crippen molar-refractivity contribution in [3.63, 3.8) is 0 Å². The molecule has 106 valence electrons. The second-order valence-electron chi connectivity index (χ2n) is 6.46. The third kappa shape index (κ3) is 4.24. The van der Waals surface area contributed by atoms with Crippen LogP contribution in [0.3, 0.4) is 0 Å². The van der Waals surface area contributed by atoms with Gasteiger partial charge in [-0.15, -0.1) is 0 Å².